The highest BCUT2D eigenvalue weighted by molar-refractivity contribution is 5.42. The number of hydrazine groups is 1. The van der Waals surface area contributed by atoms with Gasteiger partial charge >= 0.3 is 0 Å². The SMILES string of the molecule is C=C(C)CC(NN)c1ccc(OC)cc1OC. The molecular formula is C13H20N2O2. The minimum Gasteiger partial charge on any atom is -0.497 e. The number of benzene rings is 1. The molecule has 4 heteroatoms. The molecule has 0 aliphatic rings. The van der Waals surface area contributed by atoms with Gasteiger partial charge in [-0.05, 0) is 19.4 Å². The van der Waals surface area contributed by atoms with E-state index in [1.807, 2.05) is 25.1 Å². The molecule has 0 heterocycles. The topological polar surface area (TPSA) is 56.5 Å². The molecule has 1 rings (SSSR count). The Balaban J connectivity index is 3.05. The second kappa shape index (κ2) is 6.27. The molecule has 0 bridgehead atoms. The van der Waals surface area contributed by atoms with Gasteiger partial charge in [-0.25, -0.2) is 0 Å². The Kier molecular flexibility index (Phi) is 5.00. The van der Waals surface area contributed by atoms with Crippen molar-refractivity contribution >= 4 is 0 Å². The van der Waals surface area contributed by atoms with Crippen LogP contribution in [-0.2, 0) is 0 Å². The highest BCUT2D eigenvalue weighted by atomic mass is 16.5. The van der Waals surface area contributed by atoms with Crippen LogP contribution in [0.4, 0.5) is 0 Å². The Morgan fingerprint density at radius 3 is 2.59 bits per heavy atom. The molecule has 3 N–H and O–H groups in total. The Morgan fingerprint density at radius 2 is 2.12 bits per heavy atom. The molecule has 0 spiro atoms. The minimum atomic E-state index is -0.00615. The van der Waals surface area contributed by atoms with Gasteiger partial charge < -0.3 is 9.47 Å². The van der Waals surface area contributed by atoms with E-state index in [1.54, 1.807) is 14.2 Å². The highest BCUT2D eigenvalue weighted by Gasteiger charge is 2.15. The standard InChI is InChI=1S/C13H20N2O2/c1-9(2)7-12(15-14)11-6-5-10(16-3)8-13(11)17-4/h5-6,8,12,15H,1,7,14H2,2-4H3. The van der Waals surface area contributed by atoms with Gasteiger partial charge in [-0.2, -0.15) is 0 Å². The largest absolute Gasteiger partial charge is 0.497 e. The lowest BCUT2D eigenvalue weighted by atomic mass is 10.00. The lowest BCUT2D eigenvalue weighted by molar-refractivity contribution is 0.384. The molecule has 0 fully saturated rings. The summed E-state index contributed by atoms with van der Waals surface area (Å²) < 4.78 is 10.5. The molecule has 0 amide bonds. The second-order valence-corrected chi connectivity index (χ2v) is 3.99. The molecule has 94 valence electrons. The van der Waals surface area contributed by atoms with Crippen LogP contribution in [-0.4, -0.2) is 14.2 Å². The molecule has 0 radical (unpaired) electrons. The summed E-state index contributed by atoms with van der Waals surface area (Å²) in [5.74, 6) is 7.09. The summed E-state index contributed by atoms with van der Waals surface area (Å²) >= 11 is 0. The third-order valence-electron chi connectivity index (χ3n) is 2.57. The van der Waals surface area contributed by atoms with E-state index in [0.29, 0.717) is 0 Å². The van der Waals surface area contributed by atoms with Gasteiger partial charge in [0.05, 0.1) is 20.3 Å². The van der Waals surface area contributed by atoms with E-state index in [2.05, 4.69) is 12.0 Å². The van der Waals surface area contributed by atoms with Crippen LogP contribution in [0.2, 0.25) is 0 Å². The van der Waals surface area contributed by atoms with Crippen molar-refractivity contribution in [3.8, 4) is 11.5 Å². The van der Waals surface area contributed by atoms with Crippen molar-refractivity contribution < 1.29 is 9.47 Å². The zero-order chi connectivity index (χ0) is 12.8. The molecule has 4 nitrogen and oxygen atoms in total. The first-order chi connectivity index (χ1) is 8.12. The average Bonchev–Trinajstić information content (AvgIpc) is 2.35. The number of hydrogen-bond donors (Lipinski definition) is 2. The highest BCUT2D eigenvalue weighted by Crippen LogP contribution is 2.31. The van der Waals surface area contributed by atoms with Gasteiger partial charge in [0.25, 0.3) is 0 Å². The summed E-state index contributed by atoms with van der Waals surface area (Å²) in [4.78, 5) is 0. The maximum atomic E-state index is 5.57. The van der Waals surface area contributed by atoms with Crippen molar-refractivity contribution in [3.63, 3.8) is 0 Å². The number of hydrogen-bond acceptors (Lipinski definition) is 4. The van der Waals surface area contributed by atoms with Crippen LogP contribution in [0.3, 0.4) is 0 Å². The molecule has 0 saturated heterocycles. The van der Waals surface area contributed by atoms with Gasteiger partial charge in [-0.15, -0.1) is 6.58 Å². The van der Waals surface area contributed by atoms with Crippen LogP contribution in [0.15, 0.2) is 30.4 Å². The van der Waals surface area contributed by atoms with Crippen LogP contribution >= 0.6 is 0 Å². The van der Waals surface area contributed by atoms with Crippen molar-refractivity contribution in [3.05, 3.63) is 35.9 Å². The first-order valence-corrected chi connectivity index (χ1v) is 5.44. The normalized spacial score (nSPS) is 12.0. The van der Waals surface area contributed by atoms with Crippen LogP contribution in [0.25, 0.3) is 0 Å². The molecule has 1 aromatic carbocycles. The summed E-state index contributed by atoms with van der Waals surface area (Å²) in [6, 6.07) is 5.68. The third-order valence-corrected chi connectivity index (χ3v) is 2.57. The number of ether oxygens (including phenoxy) is 2. The van der Waals surface area contributed by atoms with E-state index in [4.69, 9.17) is 15.3 Å². The van der Waals surface area contributed by atoms with E-state index in [0.717, 1.165) is 29.1 Å². The third kappa shape index (κ3) is 3.47. The summed E-state index contributed by atoms with van der Waals surface area (Å²) in [7, 11) is 3.26. The lowest BCUT2D eigenvalue weighted by Gasteiger charge is -2.19. The Bertz CT molecular complexity index is 391. The predicted molar refractivity (Wildman–Crippen MR) is 69.0 cm³/mol. The molecule has 0 aliphatic carbocycles. The maximum absolute atomic E-state index is 5.57. The Labute approximate surface area is 102 Å². The Hall–Kier alpha value is -1.52. The summed E-state index contributed by atoms with van der Waals surface area (Å²) in [6.07, 6.45) is 0.763. The van der Waals surface area contributed by atoms with Gasteiger partial charge in [0, 0.05) is 11.6 Å². The fourth-order valence-electron chi connectivity index (χ4n) is 1.71. The van der Waals surface area contributed by atoms with Crippen molar-refractivity contribution in [2.45, 2.75) is 19.4 Å². The summed E-state index contributed by atoms with van der Waals surface area (Å²) in [5.41, 5.74) is 4.84. The molecular weight excluding hydrogens is 216 g/mol. The molecule has 1 atom stereocenters. The van der Waals surface area contributed by atoms with Gasteiger partial charge in [0.1, 0.15) is 11.5 Å². The Morgan fingerprint density at radius 1 is 1.41 bits per heavy atom. The van der Waals surface area contributed by atoms with Crippen LogP contribution in [0.1, 0.15) is 24.9 Å². The molecule has 1 unspecified atom stereocenters. The van der Waals surface area contributed by atoms with Gasteiger partial charge in [0.15, 0.2) is 0 Å². The molecule has 0 saturated carbocycles. The first kappa shape index (κ1) is 13.5. The van der Waals surface area contributed by atoms with E-state index < -0.39 is 0 Å². The van der Waals surface area contributed by atoms with Crippen molar-refractivity contribution in [1.82, 2.24) is 5.43 Å². The molecule has 0 aliphatic heterocycles. The van der Waals surface area contributed by atoms with Crippen LogP contribution < -0.4 is 20.7 Å². The number of methoxy groups -OCH3 is 2. The predicted octanol–water partition coefficient (Wildman–Crippen LogP) is 2.17. The van der Waals surface area contributed by atoms with E-state index >= 15 is 0 Å². The minimum absolute atomic E-state index is 0.00615. The fourth-order valence-corrected chi connectivity index (χ4v) is 1.71. The number of nitrogens with one attached hydrogen (secondary N) is 1. The van der Waals surface area contributed by atoms with Crippen molar-refractivity contribution in [1.29, 1.82) is 0 Å². The summed E-state index contributed by atoms with van der Waals surface area (Å²) in [6.45, 7) is 5.87. The maximum Gasteiger partial charge on any atom is 0.127 e. The molecule has 17 heavy (non-hydrogen) atoms. The molecule has 1 aromatic rings. The summed E-state index contributed by atoms with van der Waals surface area (Å²) in [5, 5.41) is 0. The average molecular weight is 236 g/mol. The lowest BCUT2D eigenvalue weighted by Crippen LogP contribution is -2.28. The van der Waals surface area contributed by atoms with Crippen molar-refractivity contribution in [2.75, 3.05) is 14.2 Å². The van der Waals surface area contributed by atoms with E-state index in [9.17, 15) is 0 Å². The van der Waals surface area contributed by atoms with Gasteiger partial charge in [-0.3, -0.25) is 11.3 Å². The van der Waals surface area contributed by atoms with Crippen LogP contribution in [0.5, 0.6) is 11.5 Å². The quantitative estimate of drug-likeness (QED) is 0.451. The number of nitrogens with two attached hydrogens (primary N) is 1. The van der Waals surface area contributed by atoms with Gasteiger partial charge in [0.2, 0.25) is 0 Å². The number of rotatable bonds is 6. The molecule has 0 aromatic heterocycles. The van der Waals surface area contributed by atoms with E-state index in [1.165, 1.54) is 0 Å². The smallest absolute Gasteiger partial charge is 0.127 e. The monoisotopic (exact) mass is 236 g/mol. The zero-order valence-electron chi connectivity index (χ0n) is 10.6. The van der Waals surface area contributed by atoms with Crippen LogP contribution in [0, 0.1) is 0 Å². The second-order valence-electron chi connectivity index (χ2n) is 3.99. The fraction of sp³-hybridized carbons (Fsp3) is 0.385. The van der Waals surface area contributed by atoms with Gasteiger partial charge in [-0.1, -0.05) is 11.6 Å². The van der Waals surface area contributed by atoms with E-state index in [-0.39, 0.29) is 6.04 Å². The zero-order valence-corrected chi connectivity index (χ0v) is 10.6. The first-order valence-electron chi connectivity index (χ1n) is 5.44. The van der Waals surface area contributed by atoms with Crippen molar-refractivity contribution in [2.24, 2.45) is 5.84 Å².